The number of benzene rings is 2. The van der Waals surface area contributed by atoms with Gasteiger partial charge in [-0.15, -0.1) is 0 Å². The van der Waals surface area contributed by atoms with Crippen molar-refractivity contribution in [2.45, 2.75) is 10.9 Å². The monoisotopic (exact) mass is 471 g/mol. The molecule has 1 unspecified atom stereocenters. The molecule has 0 aliphatic carbocycles. The fourth-order valence-corrected chi connectivity index (χ4v) is 5.09. The summed E-state index contributed by atoms with van der Waals surface area (Å²) in [6.07, 6.45) is 1.62. The van der Waals surface area contributed by atoms with Crippen LogP contribution in [0.4, 0.5) is 5.69 Å². The van der Waals surface area contributed by atoms with E-state index in [4.69, 9.17) is 13.9 Å². The van der Waals surface area contributed by atoms with E-state index in [9.17, 15) is 8.42 Å². The van der Waals surface area contributed by atoms with E-state index < -0.39 is 10.0 Å². The van der Waals surface area contributed by atoms with E-state index in [2.05, 4.69) is 26.7 Å². The van der Waals surface area contributed by atoms with Crippen LogP contribution in [0, 0.1) is 0 Å². The summed E-state index contributed by atoms with van der Waals surface area (Å²) >= 11 is 0. The zero-order valence-electron chi connectivity index (χ0n) is 18.8. The van der Waals surface area contributed by atoms with Crippen LogP contribution < -0.4 is 19.1 Å². The fraction of sp³-hybridized carbons (Fsp3) is 0.333. The predicted octanol–water partition coefficient (Wildman–Crippen LogP) is 3.14. The highest BCUT2D eigenvalue weighted by Gasteiger charge is 2.28. The van der Waals surface area contributed by atoms with Crippen LogP contribution >= 0.6 is 0 Å². The van der Waals surface area contributed by atoms with Gasteiger partial charge in [0, 0.05) is 44.5 Å². The van der Waals surface area contributed by atoms with E-state index in [0.717, 1.165) is 43.4 Å². The van der Waals surface area contributed by atoms with E-state index >= 15 is 0 Å². The van der Waals surface area contributed by atoms with Gasteiger partial charge in [-0.25, -0.2) is 13.1 Å². The molecule has 0 bridgehead atoms. The lowest BCUT2D eigenvalue weighted by Crippen LogP contribution is -2.49. The minimum atomic E-state index is -3.70. The molecule has 176 valence electrons. The van der Waals surface area contributed by atoms with Crippen LogP contribution in [0.3, 0.4) is 0 Å². The lowest BCUT2D eigenvalue weighted by atomic mass is 10.1. The van der Waals surface area contributed by atoms with Crippen LogP contribution in [0.15, 0.2) is 76.2 Å². The predicted molar refractivity (Wildman–Crippen MR) is 126 cm³/mol. The van der Waals surface area contributed by atoms with Gasteiger partial charge in [-0.05, 0) is 48.5 Å². The van der Waals surface area contributed by atoms with Gasteiger partial charge >= 0.3 is 0 Å². The number of nitrogens with zero attached hydrogens (tertiary/aromatic N) is 2. The third-order valence-corrected chi connectivity index (χ3v) is 7.30. The molecule has 3 aromatic rings. The smallest absolute Gasteiger partial charge is 0.240 e. The Bertz CT molecular complexity index is 1130. The summed E-state index contributed by atoms with van der Waals surface area (Å²) in [5, 5.41) is 0. The molecule has 2 aromatic carbocycles. The molecule has 33 heavy (non-hydrogen) atoms. The maximum Gasteiger partial charge on any atom is 0.240 e. The zero-order chi connectivity index (χ0) is 23.3. The lowest BCUT2D eigenvalue weighted by molar-refractivity contribution is 0.166. The Hall–Kier alpha value is -3.01. The van der Waals surface area contributed by atoms with Crippen LogP contribution in [0.25, 0.3) is 0 Å². The Morgan fingerprint density at radius 2 is 1.67 bits per heavy atom. The SMILES string of the molecule is COc1ccc(N2CCN(C(CNS(=O)(=O)c3cccc(OC)c3)c3ccco3)CC2)cc1. The Kier molecular flexibility index (Phi) is 7.22. The largest absolute Gasteiger partial charge is 0.497 e. The number of furan rings is 1. The molecule has 1 atom stereocenters. The highest BCUT2D eigenvalue weighted by Crippen LogP contribution is 2.26. The van der Waals surface area contributed by atoms with E-state index in [1.165, 1.54) is 13.2 Å². The molecular formula is C24H29N3O5S. The van der Waals surface area contributed by atoms with E-state index in [-0.39, 0.29) is 17.5 Å². The number of nitrogens with one attached hydrogen (secondary N) is 1. The molecule has 0 spiro atoms. The Morgan fingerprint density at radius 1 is 0.939 bits per heavy atom. The second-order valence-corrected chi connectivity index (χ2v) is 9.55. The average Bonchev–Trinajstić information content (AvgIpc) is 3.39. The topological polar surface area (TPSA) is 84.2 Å². The Morgan fingerprint density at radius 3 is 2.30 bits per heavy atom. The highest BCUT2D eigenvalue weighted by atomic mass is 32.2. The molecule has 1 aliphatic rings. The number of anilines is 1. The Labute approximate surface area is 194 Å². The minimum Gasteiger partial charge on any atom is -0.497 e. The molecule has 1 N–H and O–H groups in total. The van der Waals surface area contributed by atoms with Crippen molar-refractivity contribution < 1.29 is 22.3 Å². The average molecular weight is 472 g/mol. The number of hydrogen-bond acceptors (Lipinski definition) is 7. The fourth-order valence-electron chi connectivity index (χ4n) is 4.02. The number of piperazine rings is 1. The molecule has 0 radical (unpaired) electrons. The molecule has 1 aromatic heterocycles. The standard InChI is InChI=1S/C24H29N3O5S/c1-30-20-10-8-19(9-11-20)26-12-14-27(15-13-26)23(24-7-4-16-32-24)18-25-33(28,29)22-6-3-5-21(17-22)31-2/h3-11,16-17,23,25H,12-15,18H2,1-2H3. The number of rotatable bonds is 9. The highest BCUT2D eigenvalue weighted by molar-refractivity contribution is 7.89. The van der Waals surface area contributed by atoms with Gasteiger partial charge in [0.2, 0.25) is 10.0 Å². The van der Waals surface area contributed by atoms with Crippen LogP contribution in [-0.4, -0.2) is 60.3 Å². The lowest BCUT2D eigenvalue weighted by Gasteiger charge is -2.39. The van der Waals surface area contributed by atoms with Crippen molar-refractivity contribution in [2.24, 2.45) is 0 Å². The third kappa shape index (κ3) is 5.50. The second kappa shape index (κ2) is 10.3. The number of hydrogen-bond donors (Lipinski definition) is 1. The van der Waals surface area contributed by atoms with Gasteiger partial charge in [-0.3, -0.25) is 4.90 Å². The summed E-state index contributed by atoms with van der Waals surface area (Å²) < 4.78 is 44.7. The van der Waals surface area contributed by atoms with Gasteiger partial charge in [0.25, 0.3) is 0 Å². The van der Waals surface area contributed by atoms with Crippen molar-refractivity contribution in [1.82, 2.24) is 9.62 Å². The normalized spacial score (nSPS) is 15.9. The summed E-state index contributed by atoms with van der Waals surface area (Å²) in [6, 6.07) is 18.0. The van der Waals surface area contributed by atoms with Crippen LogP contribution in [-0.2, 0) is 10.0 Å². The molecule has 1 aliphatic heterocycles. The maximum absolute atomic E-state index is 12.9. The first-order valence-corrected chi connectivity index (χ1v) is 12.3. The summed E-state index contributed by atoms with van der Waals surface area (Å²) in [6.45, 7) is 3.41. The first-order valence-electron chi connectivity index (χ1n) is 10.8. The molecule has 2 heterocycles. The molecular weight excluding hydrogens is 442 g/mol. The molecule has 1 fully saturated rings. The molecule has 8 nitrogen and oxygen atoms in total. The van der Waals surface area contributed by atoms with E-state index in [1.54, 1.807) is 31.6 Å². The molecule has 0 saturated carbocycles. The summed E-state index contributed by atoms with van der Waals surface area (Å²) in [4.78, 5) is 4.74. The van der Waals surface area contributed by atoms with Crippen molar-refractivity contribution in [3.05, 3.63) is 72.7 Å². The molecule has 9 heteroatoms. The van der Waals surface area contributed by atoms with Crippen LogP contribution in [0.2, 0.25) is 0 Å². The van der Waals surface area contributed by atoms with Gasteiger partial charge in [0.15, 0.2) is 0 Å². The zero-order valence-corrected chi connectivity index (χ0v) is 19.6. The quantitative estimate of drug-likeness (QED) is 0.513. The summed E-state index contributed by atoms with van der Waals surface area (Å²) in [5.74, 6) is 2.06. The maximum atomic E-state index is 12.9. The van der Waals surface area contributed by atoms with Gasteiger partial charge in [0.05, 0.1) is 31.4 Å². The molecule has 4 rings (SSSR count). The Balaban J connectivity index is 1.44. The van der Waals surface area contributed by atoms with Crippen LogP contribution in [0.1, 0.15) is 11.8 Å². The van der Waals surface area contributed by atoms with E-state index in [1.807, 2.05) is 24.3 Å². The molecule has 1 saturated heterocycles. The molecule has 0 amide bonds. The van der Waals surface area contributed by atoms with Crippen molar-refractivity contribution in [1.29, 1.82) is 0 Å². The van der Waals surface area contributed by atoms with Crippen molar-refractivity contribution in [3.8, 4) is 11.5 Å². The van der Waals surface area contributed by atoms with Crippen molar-refractivity contribution in [2.75, 3.05) is 51.8 Å². The third-order valence-electron chi connectivity index (χ3n) is 5.88. The van der Waals surface area contributed by atoms with E-state index in [0.29, 0.717) is 5.75 Å². The van der Waals surface area contributed by atoms with Crippen molar-refractivity contribution >= 4 is 15.7 Å². The van der Waals surface area contributed by atoms with Crippen molar-refractivity contribution in [3.63, 3.8) is 0 Å². The minimum absolute atomic E-state index is 0.171. The van der Waals surface area contributed by atoms with Crippen LogP contribution in [0.5, 0.6) is 11.5 Å². The summed E-state index contributed by atoms with van der Waals surface area (Å²) in [7, 11) is -0.529. The number of methoxy groups -OCH3 is 2. The summed E-state index contributed by atoms with van der Waals surface area (Å²) in [5.41, 5.74) is 1.14. The number of sulfonamides is 1. The van der Waals surface area contributed by atoms with Gasteiger partial charge in [-0.1, -0.05) is 6.07 Å². The van der Waals surface area contributed by atoms with Gasteiger partial charge in [0.1, 0.15) is 17.3 Å². The van der Waals surface area contributed by atoms with Gasteiger partial charge in [-0.2, -0.15) is 0 Å². The first kappa shape index (κ1) is 23.2. The second-order valence-electron chi connectivity index (χ2n) is 7.78. The van der Waals surface area contributed by atoms with Gasteiger partial charge < -0.3 is 18.8 Å². The number of ether oxygens (including phenoxy) is 2. The first-order chi connectivity index (χ1) is 16.0.